The van der Waals surface area contributed by atoms with Crippen LogP contribution in [0.25, 0.3) is 22.7 Å². The smallest absolute Gasteiger partial charge is 0.226 e. The van der Waals surface area contributed by atoms with Gasteiger partial charge in [-0.1, -0.05) is 0 Å². The summed E-state index contributed by atoms with van der Waals surface area (Å²) in [6.45, 7) is 3.55. The van der Waals surface area contributed by atoms with Crippen LogP contribution < -0.4 is 21.3 Å². The van der Waals surface area contributed by atoms with Crippen LogP contribution in [0.15, 0.2) is 37.7 Å². The molecule has 4 aliphatic rings. The van der Waals surface area contributed by atoms with Gasteiger partial charge in [0.25, 0.3) is 0 Å². The number of hydrogen-bond acceptors (Lipinski definition) is 18. The standard InChI is InChI=1S/C33H42N20O3/c1-2-53-50-29(49-51-53)25-23(54)24(55)31(56-25)52-16-42-22-28(47-33(48-30(22)52)37-10-8-20-12-35-14-39-20)44-18-5-3-17(4-6-18)43-27-21-26(41-15-40-21)45-32(46-27)36-9-7-19-11-34-13-38-19/h11-18,23-25,31,54-55H,2-10H2,1H3,(H,34,38)(H,35,39)(H2,37,44,47,48)(H3,36,40,41,43,45,46)/t17-,18-,23-,24+,25-,31+/m0/s1. The highest BCUT2D eigenvalue weighted by Crippen LogP contribution is 2.39. The summed E-state index contributed by atoms with van der Waals surface area (Å²) < 4.78 is 7.78. The van der Waals surface area contributed by atoms with E-state index in [2.05, 4.69) is 81.5 Å². The Balaban J connectivity index is 0.902. The number of ether oxygens (including phenoxy) is 1. The molecule has 0 radical (unpaired) electrons. The van der Waals surface area contributed by atoms with Gasteiger partial charge >= 0.3 is 0 Å². The van der Waals surface area contributed by atoms with Crippen molar-refractivity contribution in [2.45, 2.75) is 88.6 Å². The summed E-state index contributed by atoms with van der Waals surface area (Å²) >= 11 is 0. The van der Waals surface area contributed by atoms with E-state index < -0.39 is 24.5 Å². The zero-order chi connectivity index (χ0) is 38.0. The third-order valence-electron chi connectivity index (χ3n) is 10.1. The number of nitrogens with one attached hydrogen (secondary N) is 7. The lowest BCUT2D eigenvalue weighted by Crippen LogP contribution is -2.33. The number of imidazole rings is 4. The molecular formula is C33H42N20O3. The van der Waals surface area contributed by atoms with Gasteiger partial charge in [0.1, 0.15) is 30.0 Å². The van der Waals surface area contributed by atoms with Crippen molar-refractivity contribution in [1.82, 2.24) is 79.6 Å². The summed E-state index contributed by atoms with van der Waals surface area (Å²) in [5, 5.41) is 48.4. The van der Waals surface area contributed by atoms with Crippen LogP contribution in [0.4, 0.5) is 23.5 Å². The molecule has 1 aliphatic carbocycles. The third kappa shape index (κ3) is 7.25. The van der Waals surface area contributed by atoms with Gasteiger partial charge in [0.05, 0.1) is 36.9 Å². The third-order valence-corrected chi connectivity index (χ3v) is 10.1. The van der Waals surface area contributed by atoms with Crippen LogP contribution in [0.1, 0.15) is 62.2 Å². The predicted octanol–water partition coefficient (Wildman–Crippen LogP) is 1.03. The highest BCUT2D eigenvalue weighted by molar-refractivity contribution is 5.84. The molecule has 3 aliphatic heterocycles. The Kier molecular flexibility index (Phi) is 9.75. The summed E-state index contributed by atoms with van der Waals surface area (Å²) in [4.78, 5) is 47.0. The van der Waals surface area contributed by atoms with E-state index in [-0.39, 0.29) is 17.9 Å². The summed E-state index contributed by atoms with van der Waals surface area (Å²) in [7, 11) is 0. The Morgan fingerprint density at radius 3 is 2.32 bits per heavy atom. The van der Waals surface area contributed by atoms with Gasteiger partial charge in [0.15, 0.2) is 35.1 Å². The van der Waals surface area contributed by atoms with Crippen LogP contribution in [0.2, 0.25) is 0 Å². The lowest BCUT2D eigenvalue weighted by molar-refractivity contribution is -0.0384. The second-order valence-corrected chi connectivity index (χ2v) is 13.8. The number of aryl methyl sites for hydroxylation is 1. The quantitative estimate of drug-likeness (QED) is 0.0704. The van der Waals surface area contributed by atoms with Gasteiger partial charge in [-0.25, -0.2) is 24.9 Å². The fourth-order valence-corrected chi connectivity index (χ4v) is 7.15. The number of hydrogen-bond donors (Lipinski definition) is 9. The second-order valence-electron chi connectivity index (χ2n) is 13.8. The maximum atomic E-state index is 11.2. The Labute approximate surface area is 318 Å². The lowest BCUT2D eigenvalue weighted by atomic mass is 9.91. The number of rotatable bonds is 15. The molecule has 0 unspecified atom stereocenters. The fraction of sp³-hybridized carbons (Fsp3) is 0.485. The van der Waals surface area contributed by atoms with Crippen molar-refractivity contribution < 1.29 is 14.9 Å². The summed E-state index contributed by atoms with van der Waals surface area (Å²) in [5.41, 5.74) is 3.47. The largest absolute Gasteiger partial charge is 0.387 e. The van der Waals surface area contributed by atoms with Gasteiger partial charge < -0.3 is 51.2 Å². The summed E-state index contributed by atoms with van der Waals surface area (Å²) in [6.07, 6.45) is 10.3. The number of nitrogens with zero attached hydrogens (tertiary/aromatic N) is 13. The van der Waals surface area contributed by atoms with Gasteiger partial charge in [-0.05, 0) is 37.8 Å². The Bertz CT molecular complexity index is 2290. The van der Waals surface area contributed by atoms with Crippen molar-refractivity contribution in [3.05, 3.63) is 54.9 Å². The van der Waals surface area contributed by atoms with E-state index in [4.69, 9.17) is 14.7 Å². The summed E-state index contributed by atoms with van der Waals surface area (Å²) in [6, 6.07) is 0.278. The highest BCUT2D eigenvalue weighted by atomic mass is 16.6. The molecular weight excluding hydrogens is 724 g/mol. The van der Waals surface area contributed by atoms with E-state index in [0.717, 1.165) is 49.3 Å². The fourth-order valence-electron chi connectivity index (χ4n) is 7.15. The lowest BCUT2D eigenvalue weighted by Gasteiger charge is -2.31. The molecule has 1 saturated carbocycles. The van der Waals surface area contributed by atoms with Crippen LogP contribution in [-0.4, -0.2) is 127 Å². The number of anilines is 4. The molecule has 5 aromatic heterocycles. The molecule has 4 atom stereocenters. The predicted molar refractivity (Wildman–Crippen MR) is 199 cm³/mol. The van der Waals surface area contributed by atoms with E-state index >= 15 is 0 Å². The highest BCUT2D eigenvalue weighted by Gasteiger charge is 2.47. The first-order valence-electron chi connectivity index (χ1n) is 18.7. The maximum Gasteiger partial charge on any atom is 0.226 e. The molecule has 292 valence electrons. The molecule has 23 heteroatoms. The van der Waals surface area contributed by atoms with Crippen LogP contribution in [0.5, 0.6) is 0 Å². The van der Waals surface area contributed by atoms with Crippen LogP contribution >= 0.6 is 0 Å². The normalized spacial score (nSPS) is 22.6. The van der Waals surface area contributed by atoms with Gasteiger partial charge in [0.2, 0.25) is 17.7 Å². The molecule has 9 N–H and O–H groups in total. The molecule has 2 fully saturated rings. The monoisotopic (exact) mass is 766 g/mol. The number of aliphatic hydroxyl groups is 2. The van der Waals surface area contributed by atoms with Crippen molar-refractivity contribution in [1.29, 1.82) is 0 Å². The SMILES string of the molecule is CCn1nnc([C@H]2O[C@@H](n3cnc4c(N[C@H]5CC[C@H](Nc6[nH]c(NCCc7c[nH]cn7)nc7ncnc6-7)CC5)nc(NCCc5c[nH]cn5)nc43)[C@H](O)[C@@H]2O)n1. The Hall–Kier alpha value is -6.33. The number of tetrazole rings is 1. The van der Waals surface area contributed by atoms with Crippen molar-refractivity contribution in [2.75, 3.05) is 34.4 Å². The van der Waals surface area contributed by atoms with Crippen LogP contribution in [0, 0.1) is 0 Å². The number of aromatic nitrogens is 16. The molecule has 0 bridgehead atoms. The van der Waals surface area contributed by atoms with E-state index in [1.165, 1.54) is 17.5 Å². The minimum absolute atomic E-state index is 0.0967. The average Bonchev–Trinajstić information content (AvgIpc) is 4.07. The van der Waals surface area contributed by atoms with Crippen molar-refractivity contribution in [3.63, 3.8) is 0 Å². The van der Waals surface area contributed by atoms with Gasteiger partial charge in [-0.2, -0.15) is 19.7 Å². The van der Waals surface area contributed by atoms with Crippen molar-refractivity contribution >= 4 is 34.7 Å². The van der Waals surface area contributed by atoms with E-state index in [9.17, 15) is 10.2 Å². The van der Waals surface area contributed by atoms with Crippen molar-refractivity contribution in [3.8, 4) is 11.5 Å². The maximum absolute atomic E-state index is 11.2. The molecule has 0 spiro atoms. The van der Waals surface area contributed by atoms with Crippen molar-refractivity contribution in [2.24, 2.45) is 0 Å². The zero-order valence-corrected chi connectivity index (χ0v) is 30.4. The van der Waals surface area contributed by atoms with E-state index in [0.29, 0.717) is 66.5 Å². The van der Waals surface area contributed by atoms with Gasteiger partial charge in [-0.15, -0.1) is 10.2 Å². The first kappa shape index (κ1) is 35.4. The summed E-state index contributed by atoms with van der Waals surface area (Å²) in [5.74, 6) is 3.03. The average molecular weight is 767 g/mol. The van der Waals surface area contributed by atoms with E-state index in [1.807, 2.05) is 19.3 Å². The molecule has 56 heavy (non-hydrogen) atoms. The minimum Gasteiger partial charge on any atom is -0.387 e. The molecule has 8 heterocycles. The zero-order valence-electron chi connectivity index (χ0n) is 30.4. The molecule has 0 amide bonds. The van der Waals surface area contributed by atoms with Gasteiger partial charge in [0, 0.05) is 50.4 Å². The molecule has 9 rings (SSSR count). The molecule has 0 aromatic carbocycles. The van der Waals surface area contributed by atoms with Crippen LogP contribution in [-0.2, 0) is 24.1 Å². The minimum atomic E-state index is -1.32. The Morgan fingerprint density at radius 2 is 1.61 bits per heavy atom. The Morgan fingerprint density at radius 1 is 0.857 bits per heavy atom. The molecule has 5 aromatic rings. The first-order valence-corrected chi connectivity index (χ1v) is 18.7. The number of aromatic amines is 3. The van der Waals surface area contributed by atoms with E-state index in [1.54, 1.807) is 17.2 Å². The topological polar surface area (TPSA) is 297 Å². The number of aliphatic hydroxyl groups excluding tert-OH is 2. The number of fused-ring (bicyclic) bond motifs is 2. The second kappa shape index (κ2) is 15.4. The van der Waals surface area contributed by atoms with Gasteiger partial charge in [-0.3, -0.25) is 4.57 Å². The first-order chi connectivity index (χ1) is 27.5. The van der Waals surface area contributed by atoms with Crippen LogP contribution in [0.3, 0.4) is 0 Å². The number of H-pyrrole nitrogens is 3. The molecule has 23 nitrogen and oxygen atoms in total. The molecule has 1 saturated heterocycles.